The molecule has 82 nitrogen and oxygen atoms in total. The fourth-order valence-electron chi connectivity index (χ4n) is 5.37. The second-order valence-electron chi connectivity index (χ2n) is 19.0. The number of hydrogen-bond donors (Lipinski definition) is 21. The van der Waals surface area contributed by atoms with Crippen molar-refractivity contribution in [2.45, 2.75) is 14.7 Å². The number of ether oxygens (including phenoxy) is 6. The number of fused-ring (bicyclic) bond motifs is 2. The first-order chi connectivity index (χ1) is 69.9. The Morgan fingerprint density at radius 3 is 0.651 bits per heavy atom. The van der Waals surface area contributed by atoms with Crippen LogP contribution in [-0.4, -0.2) is 264 Å². The monoisotopic (exact) mass is 2090 g/mol. The molecule has 0 saturated carbocycles. The minimum atomic E-state index is -4.52. The zero-order valence-corrected chi connectivity index (χ0v) is 81.3. The maximum absolute atomic E-state index is 11.2. The molecule has 34 N–H and O–H groups in total. The lowest BCUT2D eigenvalue weighted by molar-refractivity contribution is 0.397. The number of nitrogens with one attached hydrogen (secondary N) is 8. The molecule has 0 aliphatic rings. The summed E-state index contributed by atoms with van der Waals surface area (Å²) in [6, 6.07) is 33.4. The summed E-state index contributed by atoms with van der Waals surface area (Å²) in [6.07, 6.45) is -0.151. The molecule has 750 valence electrons. The van der Waals surface area contributed by atoms with Crippen LogP contribution < -0.4 is 98.8 Å². The van der Waals surface area contributed by atoms with Gasteiger partial charge in [-0.15, -0.1) is 5.53 Å². The standard InChI is InChI=1S/2C12H12O2.C8H10O6S2.C8H10O3S.2B5.2B4.B3.B2.B.2H3N9.2H4N8.2H3N7.H2N6.H3N5.H4N4.HN3.N2.H3N/c2*1-13-11-5-3-9-4-6-12(14-2)8-10(9)7-11;1-14-7-4-3-6(15(2,9)10)5-8(7)16(11,12)13;1-11-7-3-5-8(6-4-7)12(2,9)10;2*1-4-5(2)3;2*1-4(2)3;1-3-2;1-2;;2*1-3-5-7-9-8-6-4-2;2*1-3-5-7-8-6-4-2;2*1-3-5-7-6-4-2;1-3-5-6-4-2;1-3-5-4-2;1-3-4-2;1-3-2;1-2;/h2*3-8H,1-2H3;3-5H,1-2H3,(H,11,12,13);3-6H,1-2H3;;;;;;;;2*(H3,1,2,5,6,9);2*(H2,1,4,5,8)(H2,2,3,6,7);2*(H3,1,2,5,6);1-2H;(H3,1,2,5);(H2,1,4)(H2,2,3);1H;;1H3/b;;;;;;;;;;;;;;;;;3-1?,4-2?,6-5+;;;;;. The third-order valence-corrected chi connectivity index (χ3v) is 13.0. The number of sulfone groups is 2. The largest absolute Gasteiger partial charge is 0.497 e. The summed E-state index contributed by atoms with van der Waals surface area (Å²) in [6.45, 7) is 0. The third-order valence-electron chi connectivity index (χ3n) is 9.89. The SMILES string of the molecule is COc1ccc(S(C)(=O)=O)cc1.COc1ccc(S(C)(=O)=O)cc1S(=O)(=O)O.COc1ccc2ccc(OC)cc2c1.COc1ccc2ccc(OC)cc2c1.N.N#N.N/N=N/N.N/N=N/N=N/N=N/N.N/N=N/N=N/N=N/N.N=N/N=N/N.N=N/N=N/N=N.N=N/N=N/N=N/N.N=N/N=N/N=N/N.N=N/N=N/N=N/N=N/N.N=N/N=N/N=N/N=N/N.[B].[B]B([B])[B].[B]B([B])[B].[B][B].[B][B]B([B])[B].[B][B]B([B])[B].[B][B][B].[N-]=[N+]=N. The maximum Gasteiger partial charge on any atom is 0.298 e. The maximum atomic E-state index is 11.2. The highest BCUT2D eigenvalue weighted by atomic mass is 32.2. The Hall–Kier alpha value is -17.9. The van der Waals surface area contributed by atoms with E-state index in [9.17, 15) is 25.3 Å². The molecule has 0 unspecified atom stereocenters. The highest BCUT2D eigenvalue weighted by Crippen LogP contribution is 2.28. The van der Waals surface area contributed by atoms with Gasteiger partial charge in [-0.3, -0.25) is 4.55 Å². The number of hydrogen-bond acceptors (Lipinski definition) is 34. The average molecular weight is 2090 g/mol. The van der Waals surface area contributed by atoms with Crippen molar-refractivity contribution in [2.24, 2.45) is 299 Å². The molecule has 0 aromatic heterocycles. The summed E-state index contributed by atoms with van der Waals surface area (Å²) < 4.78 is 105. The molecule has 0 spiro atoms. The van der Waals surface area contributed by atoms with Crippen molar-refractivity contribution < 1.29 is 58.2 Å². The van der Waals surface area contributed by atoms with E-state index in [2.05, 4.69) is 377 Å². The molecule has 0 atom stereocenters. The summed E-state index contributed by atoms with van der Waals surface area (Å²) in [5.74, 6) is 53.1. The lowest BCUT2D eigenvalue weighted by atomic mass is 8.97. The Morgan fingerprint density at radius 1 is 0.322 bits per heavy atom. The molecule has 149 heavy (non-hydrogen) atoms. The van der Waals surface area contributed by atoms with Crippen molar-refractivity contribution in [1.29, 1.82) is 55.0 Å². The molecule has 0 fully saturated rings. The molecule has 0 aliphatic heterocycles. The van der Waals surface area contributed by atoms with Crippen LogP contribution in [0.15, 0.2) is 365 Å². The first-order valence-electron chi connectivity index (χ1n) is 34.2. The number of methoxy groups -OCH3 is 6. The highest BCUT2D eigenvalue weighted by Gasteiger charge is 2.20. The Labute approximate surface area is 874 Å². The van der Waals surface area contributed by atoms with Crippen molar-refractivity contribution in [3.8, 4) is 34.5 Å². The Balaban J connectivity index is -0.0000000836. The van der Waals surface area contributed by atoms with Crippen molar-refractivity contribution in [3.63, 3.8) is 0 Å². The third kappa shape index (κ3) is 151. The molecular formula is C40H77B24N69O13S3. The molecule has 6 aromatic rings. The Kier molecular flexibility index (Phi) is 158. The van der Waals surface area contributed by atoms with E-state index in [-0.39, 0.29) is 25.2 Å². The zero-order chi connectivity index (χ0) is 117. The summed E-state index contributed by atoms with van der Waals surface area (Å²) in [5.41, 5.74) is 54.1. The summed E-state index contributed by atoms with van der Waals surface area (Å²) in [7, 11) is 75.9. The molecule has 0 bridgehead atoms. The zero-order valence-electron chi connectivity index (χ0n) is 78.9. The van der Waals surface area contributed by atoms with Crippen LogP contribution in [-0.2, 0) is 29.8 Å². The normalized spacial score (nSPS) is 9.77. The van der Waals surface area contributed by atoms with Gasteiger partial charge in [0.15, 0.2) is 19.7 Å². The van der Waals surface area contributed by atoms with Crippen LogP contribution in [0.5, 0.6) is 34.5 Å². The van der Waals surface area contributed by atoms with Gasteiger partial charge < -0.3 is 98.8 Å². The van der Waals surface area contributed by atoms with E-state index < -0.39 is 60.2 Å². The molecule has 6 aromatic carbocycles. The highest BCUT2D eigenvalue weighted by molar-refractivity contribution is 7.91. The minimum Gasteiger partial charge on any atom is -0.497 e. The van der Waals surface area contributed by atoms with Gasteiger partial charge in [-0.05, 0) is 301 Å². The molecule has 0 heterocycles. The quantitative estimate of drug-likeness (QED) is 0.00491. The lowest BCUT2D eigenvalue weighted by Crippen LogP contribution is -2.23. The first-order valence-corrected chi connectivity index (χ1v) is 39.4. The summed E-state index contributed by atoms with van der Waals surface area (Å²) >= 11 is 0. The molecule has 38 radical (unpaired) electrons. The predicted molar refractivity (Wildman–Crippen MR) is 546 cm³/mol. The lowest BCUT2D eigenvalue weighted by Gasteiger charge is -2.07. The minimum absolute atomic E-state index is 0. The van der Waals surface area contributed by atoms with Crippen LogP contribution in [0, 0.1) is 55.0 Å². The number of benzene rings is 6. The Morgan fingerprint density at radius 2 is 0.497 bits per heavy atom. The van der Waals surface area contributed by atoms with E-state index in [0.29, 0.717) is 10.6 Å². The number of nitrogens with zero attached hydrogens (tertiary/aromatic N) is 49. The van der Waals surface area contributed by atoms with Gasteiger partial charge >= 0.3 is 0 Å². The van der Waals surface area contributed by atoms with Crippen LogP contribution >= 0.6 is 0 Å². The van der Waals surface area contributed by atoms with Crippen LogP contribution in [0.3, 0.4) is 0 Å². The van der Waals surface area contributed by atoms with Crippen LogP contribution in [0.4, 0.5) is 0 Å². The second kappa shape index (κ2) is 139. The van der Waals surface area contributed by atoms with Gasteiger partial charge in [-0.1, -0.05) is 81.7 Å². The van der Waals surface area contributed by atoms with E-state index in [1.54, 1.807) is 45.5 Å². The van der Waals surface area contributed by atoms with Crippen molar-refractivity contribution in [3.05, 3.63) is 126 Å². The van der Waals surface area contributed by atoms with Gasteiger partial charge in [-0.2, -0.15) is 47.1 Å². The van der Waals surface area contributed by atoms with Gasteiger partial charge in [0.25, 0.3) is 10.1 Å². The smallest absolute Gasteiger partial charge is 0.298 e. The second-order valence-corrected chi connectivity index (χ2v) is 24.5. The van der Waals surface area contributed by atoms with Crippen LogP contribution in [0.25, 0.3) is 32.0 Å². The molecule has 109 heteroatoms. The van der Waals surface area contributed by atoms with E-state index in [4.69, 9.17) is 140 Å². The van der Waals surface area contributed by atoms with Crippen molar-refractivity contribution in [1.82, 2.24) is 6.15 Å². The van der Waals surface area contributed by atoms with Gasteiger partial charge in [0.1, 0.15) is 39.4 Å². The fraction of sp³-hybridized carbons (Fsp3) is 0.200. The van der Waals surface area contributed by atoms with E-state index in [1.807, 2.05) is 72.8 Å². The van der Waals surface area contributed by atoms with Gasteiger partial charge in [0, 0.05) is 202 Å². The predicted octanol–water partition coefficient (Wildman–Crippen LogP) is 2.94. The average Bonchev–Trinajstić information content (AvgIpc) is 0.798. The number of rotatable bonds is 28. The van der Waals surface area contributed by atoms with Crippen molar-refractivity contribution in [2.75, 3.05) is 55.2 Å². The van der Waals surface area contributed by atoms with Gasteiger partial charge in [-0.25, -0.2) is 16.8 Å². The number of nitrogens with two attached hydrogens (primary N) is 11. The molecule has 0 aliphatic carbocycles. The van der Waals surface area contributed by atoms with Crippen molar-refractivity contribution >= 4 is 230 Å². The van der Waals surface area contributed by atoms with E-state index in [0.717, 1.165) is 53.2 Å². The molecular weight excluding hydrogens is 2010 g/mol. The molecule has 0 saturated heterocycles. The van der Waals surface area contributed by atoms with E-state index in [1.165, 1.54) is 69.6 Å². The summed E-state index contributed by atoms with van der Waals surface area (Å²) in [5, 5.41) is 140. The molecule has 6 rings (SSSR count). The fourth-order valence-corrected chi connectivity index (χ4v) is 7.40. The summed E-state index contributed by atoms with van der Waals surface area (Å²) in [4.78, 5) is 1.28. The van der Waals surface area contributed by atoms with E-state index >= 15 is 0 Å². The van der Waals surface area contributed by atoms with Gasteiger partial charge in [0.2, 0.25) is 0 Å². The topological polar surface area (TPSA) is 1330 Å². The molecule has 0 amide bonds. The Bertz CT molecular complexity index is 4990. The first kappa shape index (κ1) is 170. The van der Waals surface area contributed by atoms with Gasteiger partial charge in [0.05, 0.1) is 52.4 Å². The van der Waals surface area contributed by atoms with Crippen LogP contribution in [0.2, 0.25) is 0 Å². The van der Waals surface area contributed by atoms with Crippen LogP contribution in [0.1, 0.15) is 0 Å².